The Balaban J connectivity index is 2.09. The fourth-order valence-corrected chi connectivity index (χ4v) is 2.16. The van der Waals surface area contributed by atoms with Crippen LogP contribution < -0.4 is 0 Å². The molecule has 0 fully saturated rings. The van der Waals surface area contributed by atoms with Gasteiger partial charge in [0.2, 0.25) is 5.91 Å². The SMILES string of the molecule is C[C@H]1C(=O)N(Cc2ccccc2)C=CN1C(=O)OC(C)(C)C. The van der Waals surface area contributed by atoms with Crippen LogP contribution in [0.25, 0.3) is 0 Å². The predicted octanol–water partition coefficient (Wildman–Crippen LogP) is 3.13. The summed E-state index contributed by atoms with van der Waals surface area (Å²) in [4.78, 5) is 27.5. The Morgan fingerprint density at radius 1 is 1.18 bits per heavy atom. The maximum atomic E-state index is 12.4. The minimum Gasteiger partial charge on any atom is -0.443 e. The van der Waals surface area contributed by atoms with E-state index >= 15 is 0 Å². The fraction of sp³-hybridized carbons (Fsp3) is 0.412. The molecular formula is C17H22N2O3. The summed E-state index contributed by atoms with van der Waals surface area (Å²) in [7, 11) is 0. The molecule has 1 atom stereocenters. The average molecular weight is 302 g/mol. The van der Waals surface area contributed by atoms with Gasteiger partial charge in [-0.3, -0.25) is 9.69 Å². The lowest BCUT2D eigenvalue weighted by atomic mass is 10.1. The van der Waals surface area contributed by atoms with E-state index in [1.54, 1.807) is 45.0 Å². The van der Waals surface area contributed by atoms with Crippen LogP contribution in [0.1, 0.15) is 33.3 Å². The van der Waals surface area contributed by atoms with Crippen LogP contribution in [0.5, 0.6) is 0 Å². The molecule has 0 saturated carbocycles. The maximum Gasteiger partial charge on any atom is 0.415 e. The smallest absolute Gasteiger partial charge is 0.415 e. The molecule has 22 heavy (non-hydrogen) atoms. The lowest BCUT2D eigenvalue weighted by Crippen LogP contribution is -2.50. The monoisotopic (exact) mass is 302 g/mol. The van der Waals surface area contributed by atoms with E-state index in [9.17, 15) is 9.59 Å². The zero-order chi connectivity index (χ0) is 16.3. The molecule has 1 aromatic rings. The van der Waals surface area contributed by atoms with E-state index in [0.717, 1.165) is 5.56 Å². The molecule has 5 heteroatoms. The molecule has 0 aromatic heterocycles. The molecule has 0 saturated heterocycles. The van der Waals surface area contributed by atoms with E-state index in [-0.39, 0.29) is 5.91 Å². The van der Waals surface area contributed by atoms with Crippen LogP contribution >= 0.6 is 0 Å². The molecule has 5 nitrogen and oxygen atoms in total. The Kier molecular flexibility index (Phi) is 4.54. The largest absolute Gasteiger partial charge is 0.443 e. The van der Waals surface area contributed by atoms with Crippen molar-refractivity contribution in [1.82, 2.24) is 9.80 Å². The third-order valence-corrected chi connectivity index (χ3v) is 3.26. The summed E-state index contributed by atoms with van der Waals surface area (Å²) in [6, 6.07) is 9.15. The highest BCUT2D eigenvalue weighted by atomic mass is 16.6. The van der Waals surface area contributed by atoms with Gasteiger partial charge in [0.25, 0.3) is 0 Å². The molecule has 0 radical (unpaired) electrons. The van der Waals surface area contributed by atoms with Gasteiger partial charge >= 0.3 is 6.09 Å². The fourth-order valence-electron chi connectivity index (χ4n) is 2.16. The Labute approximate surface area is 131 Å². The molecule has 1 aromatic carbocycles. The van der Waals surface area contributed by atoms with Gasteiger partial charge in [-0.25, -0.2) is 4.79 Å². The van der Waals surface area contributed by atoms with Crippen molar-refractivity contribution in [2.45, 2.75) is 45.9 Å². The van der Waals surface area contributed by atoms with Gasteiger partial charge in [-0.2, -0.15) is 0 Å². The van der Waals surface area contributed by atoms with Crippen molar-refractivity contribution in [2.24, 2.45) is 0 Å². The first-order valence-electron chi connectivity index (χ1n) is 7.32. The molecule has 1 heterocycles. The van der Waals surface area contributed by atoms with Gasteiger partial charge < -0.3 is 9.64 Å². The van der Waals surface area contributed by atoms with Crippen molar-refractivity contribution >= 4 is 12.0 Å². The highest BCUT2D eigenvalue weighted by Crippen LogP contribution is 2.19. The molecule has 0 N–H and O–H groups in total. The number of carbonyl (C=O) groups excluding carboxylic acids is 2. The van der Waals surface area contributed by atoms with Crippen molar-refractivity contribution in [1.29, 1.82) is 0 Å². The van der Waals surface area contributed by atoms with Gasteiger partial charge in [-0.15, -0.1) is 0 Å². The van der Waals surface area contributed by atoms with Crippen molar-refractivity contribution in [2.75, 3.05) is 0 Å². The number of ether oxygens (including phenoxy) is 1. The molecule has 118 valence electrons. The first-order chi connectivity index (χ1) is 10.3. The van der Waals surface area contributed by atoms with E-state index in [2.05, 4.69) is 0 Å². The zero-order valence-electron chi connectivity index (χ0n) is 13.4. The molecule has 0 spiro atoms. The van der Waals surface area contributed by atoms with Gasteiger partial charge in [-0.1, -0.05) is 30.3 Å². The van der Waals surface area contributed by atoms with Crippen LogP contribution in [-0.4, -0.2) is 33.4 Å². The first-order valence-corrected chi connectivity index (χ1v) is 7.32. The van der Waals surface area contributed by atoms with Gasteiger partial charge in [0.1, 0.15) is 11.6 Å². The molecule has 1 aliphatic rings. The van der Waals surface area contributed by atoms with E-state index in [4.69, 9.17) is 4.74 Å². The van der Waals surface area contributed by atoms with E-state index in [1.807, 2.05) is 30.3 Å². The number of amides is 2. The van der Waals surface area contributed by atoms with E-state index in [1.165, 1.54) is 4.90 Å². The molecule has 2 rings (SSSR count). The summed E-state index contributed by atoms with van der Waals surface area (Å²) < 4.78 is 5.31. The minimum absolute atomic E-state index is 0.128. The predicted molar refractivity (Wildman–Crippen MR) is 83.7 cm³/mol. The van der Waals surface area contributed by atoms with Crippen molar-refractivity contribution in [3.8, 4) is 0 Å². The second-order valence-corrected chi connectivity index (χ2v) is 6.31. The average Bonchev–Trinajstić information content (AvgIpc) is 2.43. The van der Waals surface area contributed by atoms with Gasteiger partial charge in [0.05, 0.1) is 6.54 Å². The molecule has 1 aliphatic heterocycles. The standard InChI is InChI=1S/C17H22N2O3/c1-13-15(20)18(12-14-8-6-5-7-9-14)10-11-19(13)16(21)22-17(2,3)4/h5-11,13H,12H2,1-4H3/t13-/m0/s1. The second kappa shape index (κ2) is 6.22. The van der Waals surface area contributed by atoms with Crippen LogP contribution in [0.2, 0.25) is 0 Å². The number of rotatable bonds is 2. The Morgan fingerprint density at radius 3 is 2.41 bits per heavy atom. The third kappa shape index (κ3) is 3.87. The normalized spacial score (nSPS) is 18.5. The van der Waals surface area contributed by atoms with Gasteiger partial charge in [0, 0.05) is 12.4 Å². The number of hydrogen-bond donors (Lipinski definition) is 0. The molecular weight excluding hydrogens is 280 g/mol. The lowest BCUT2D eigenvalue weighted by molar-refractivity contribution is -0.134. The van der Waals surface area contributed by atoms with Crippen molar-refractivity contribution < 1.29 is 14.3 Å². The van der Waals surface area contributed by atoms with Crippen molar-refractivity contribution in [3.05, 3.63) is 48.3 Å². The zero-order valence-corrected chi connectivity index (χ0v) is 13.4. The molecule has 0 bridgehead atoms. The summed E-state index contributed by atoms with van der Waals surface area (Å²) in [5, 5.41) is 0. The topological polar surface area (TPSA) is 49.9 Å². The second-order valence-electron chi connectivity index (χ2n) is 6.31. The summed E-state index contributed by atoms with van der Waals surface area (Å²) in [6.07, 6.45) is 2.71. The van der Waals surface area contributed by atoms with Gasteiger partial charge in [-0.05, 0) is 33.3 Å². The van der Waals surface area contributed by atoms with E-state index in [0.29, 0.717) is 6.54 Å². The summed E-state index contributed by atoms with van der Waals surface area (Å²) in [5.41, 5.74) is 0.452. The Hall–Kier alpha value is -2.30. The number of benzene rings is 1. The highest BCUT2D eigenvalue weighted by Gasteiger charge is 2.33. The van der Waals surface area contributed by atoms with Crippen LogP contribution in [0.4, 0.5) is 4.79 Å². The summed E-state index contributed by atoms with van der Waals surface area (Å²) >= 11 is 0. The maximum absolute atomic E-state index is 12.4. The Bertz CT molecular complexity index is 575. The quantitative estimate of drug-likeness (QED) is 0.843. The van der Waals surface area contributed by atoms with Crippen LogP contribution in [0.3, 0.4) is 0 Å². The minimum atomic E-state index is -0.588. The molecule has 0 aliphatic carbocycles. The lowest BCUT2D eigenvalue weighted by Gasteiger charge is -2.34. The number of carbonyl (C=O) groups is 2. The van der Waals surface area contributed by atoms with E-state index < -0.39 is 17.7 Å². The number of hydrogen-bond acceptors (Lipinski definition) is 3. The first kappa shape index (κ1) is 16.1. The van der Waals surface area contributed by atoms with Crippen LogP contribution in [0, 0.1) is 0 Å². The molecule has 2 amide bonds. The van der Waals surface area contributed by atoms with Gasteiger partial charge in [0.15, 0.2) is 0 Å². The summed E-state index contributed by atoms with van der Waals surface area (Å²) in [5.74, 6) is -0.128. The third-order valence-electron chi connectivity index (χ3n) is 3.26. The van der Waals surface area contributed by atoms with Crippen LogP contribution in [-0.2, 0) is 16.1 Å². The molecule has 0 unspecified atom stereocenters. The van der Waals surface area contributed by atoms with Crippen molar-refractivity contribution in [3.63, 3.8) is 0 Å². The van der Waals surface area contributed by atoms with Crippen LogP contribution in [0.15, 0.2) is 42.7 Å². The Morgan fingerprint density at radius 2 is 1.82 bits per heavy atom. The highest BCUT2D eigenvalue weighted by molar-refractivity contribution is 5.88. The number of nitrogens with zero attached hydrogens (tertiary/aromatic N) is 2. The summed E-state index contributed by atoms with van der Waals surface area (Å²) in [6.45, 7) is 7.59.